The van der Waals surface area contributed by atoms with Gasteiger partial charge in [0, 0.05) is 13.2 Å². The third-order valence-corrected chi connectivity index (χ3v) is 7.70. The smallest absolute Gasteiger partial charge is 0.373 e. The highest BCUT2D eigenvalue weighted by atomic mass is 32.3. The zero-order valence-electron chi connectivity index (χ0n) is 25.1. The molecular formula is C28H58O10S2. The minimum absolute atomic E-state index is 0.278. The molecule has 0 fully saturated rings. The molecule has 0 aromatic carbocycles. The van der Waals surface area contributed by atoms with Gasteiger partial charge in [0.15, 0.2) is 0 Å². The largest absolute Gasteiger partial charge is 0.397 e. The summed E-state index contributed by atoms with van der Waals surface area (Å²) in [5.41, 5.74) is 0. The van der Waals surface area contributed by atoms with E-state index in [1.54, 1.807) is 0 Å². The maximum Gasteiger partial charge on any atom is 0.397 e. The molecule has 0 saturated heterocycles. The first-order valence-electron chi connectivity index (χ1n) is 15.6. The predicted octanol–water partition coefficient (Wildman–Crippen LogP) is 7.24. The highest BCUT2D eigenvalue weighted by Crippen LogP contribution is 2.15. The Labute approximate surface area is 245 Å². The lowest BCUT2D eigenvalue weighted by Crippen LogP contribution is -2.40. The molecule has 0 radical (unpaired) electrons. The summed E-state index contributed by atoms with van der Waals surface area (Å²) in [4.78, 5) is 0. The Morgan fingerprint density at radius 3 is 0.950 bits per heavy atom. The van der Waals surface area contributed by atoms with Gasteiger partial charge in [-0.2, -0.15) is 16.8 Å². The fourth-order valence-corrected chi connectivity index (χ4v) is 5.09. The Kier molecular flexibility index (Phi) is 26.1. The number of ether oxygens (including phenoxy) is 2. The molecule has 0 unspecified atom stereocenters. The van der Waals surface area contributed by atoms with Gasteiger partial charge in [-0.05, 0) is 12.8 Å². The molecule has 0 aromatic heterocycles. The molecule has 0 aromatic rings. The zero-order valence-corrected chi connectivity index (χ0v) is 26.7. The van der Waals surface area contributed by atoms with Crippen molar-refractivity contribution >= 4 is 20.8 Å². The van der Waals surface area contributed by atoms with Crippen LogP contribution in [0.15, 0.2) is 0 Å². The topological polar surface area (TPSA) is 146 Å². The van der Waals surface area contributed by atoms with Crippen molar-refractivity contribution in [3.63, 3.8) is 0 Å². The van der Waals surface area contributed by atoms with Gasteiger partial charge in [-0.3, -0.25) is 9.11 Å². The summed E-state index contributed by atoms with van der Waals surface area (Å²) in [6.07, 6.45) is 20.8. The summed E-state index contributed by atoms with van der Waals surface area (Å²) in [5, 5.41) is 0. The van der Waals surface area contributed by atoms with Crippen LogP contribution < -0.4 is 0 Å². The lowest BCUT2D eigenvalue weighted by atomic mass is 10.1. The number of rotatable bonds is 31. The van der Waals surface area contributed by atoms with Gasteiger partial charge in [-0.1, -0.05) is 129 Å². The molecule has 0 spiro atoms. The molecular weight excluding hydrogens is 560 g/mol. The lowest BCUT2D eigenvalue weighted by Gasteiger charge is -2.26. The van der Waals surface area contributed by atoms with Crippen molar-refractivity contribution in [2.24, 2.45) is 0 Å². The fourth-order valence-electron chi connectivity index (χ4n) is 4.48. The van der Waals surface area contributed by atoms with Crippen molar-refractivity contribution in [3.8, 4) is 0 Å². The molecule has 0 heterocycles. The Morgan fingerprint density at radius 1 is 0.450 bits per heavy atom. The third kappa shape index (κ3) is 29.2. The number of unbranched alkanes of at least 4 members (excludes halogenated alkanes) is 18. The third-order valence-electron chi connectivity index (χ3n) is 6.84. The van der Waals surface area contributed by atoms with Gasteiger partial charge in [-0.15, -0.1) is 0 Å². The van der Waals surface area contributed by atoms with Crippen molar-refractivity contribution in [2.45, 2.75) is 154 Å². The Hall–Kier alpha value is -0.340. The van der Waals surface area contributed by atoms with E-state index in [1.807, 2.05) is 0 Å². The van der Waals surface area contributed by atoms with Gasteiger partial charge >= 0.3 is 20.8 Å². The molecule has 0 aliphatic heterocycles. The first-order valence-corrected chi connectivity index (χ1v) is 18.3. The van der Waals surface area contributed by atoms with Gasteiger partial charge < -0.3 is 9.47 Å². The van der Waals surface area contributed by atoms with Gasteiger partial charge in [-0.25, -0.2) is 8.37 Å². The Bertz CT molecular complexity index is 695. The average Bonchev–Trinajstić information content (AvgIpc) is 2.88. The summed E-state index contributed by atoms with van der Waals surface area (Å²) in [5.74, 6) is 0. The second-order valence-electron chi connectivity index (χ2n) is 10.6. The SMILES string of the molecule is CCCCCCCCCCCCO[C@@H](COS(=O)(=O)O)[C@H](COS(=O)(=O)O)OCCCCCCCCCCCC. The number of hydrogen-bond donors (Lipinski definition) is 2. The summed E-state index contributed by atoms with van der Waals surface area (Å²) in [6.45, 7) is 3.81. The monoisotopic (exact) mass is 618 g/mol. The minimum Gasteiger partial charge on any atom is -0.373 e. The quantitative estimate of drug-likeness (QED) is 0.0602. The molecule has 10 nitrogen and oxygen atoms in total. The fraction of sp³-hybridized carbons (Fsp3) is 1.00. The van der Waals surface area contributed by atoms with E-state index in [2.05, 4.69) is 22.2 Å². The van der Waals surface area contributed by atoms with E-state index in [-0.39, 0.29) is 13.2 Å². The van der Waals surface area contributed by atoms with E-state index in [0.29, 0.717) is 0 Å². The van der Waals surface area contributed by atoms with Crippen LogP contribution in [-0.4, -0.2) is 64.6 Å². The minimum atomic E-state index is -4.74. The number of hydrogen-bond acceptors (Lipinski definition) is 8. The van der Waals surface area contributed by atoms with Crippen LogP contribution in [0, 0.1) is 0 Å². The molecule has 0 amide bonds. The summed E-state index contributed by atoms with van der Waals surface area (Å²) < 4.78 is 83.4. The molecule has 242 valence electrons. The second-order valence-corrected chi connectivity index (χ2v) is 12.8. The van der Waals surface area contributed by atoms with Gasteiger partial charge in [0.1, 0.15) is 12.2 Å². The summed E-state index contributed by atoms with van der Waals surface area (Å²) in [7, 11) is -9.48. The van der Waals surface area contributed by atoms with Crippen molar-refractivity contribution in [2.75, 3.05) is 26.4 Å². The van der Waals surface area contributed by atoms with Gasteiger partial charge in [0.2, 0.25) is 0 Å². The van der Waals surface area contributed by atoms with Crippen LogP contribution in [0.4, 0.5) is 0 Å². The second kappa shape index (κ2) is 26.3. The van der Waals surface area contributed by atoms with Gasteiger partial charge in [0.25, 0.3) is 0 Å². The van der Waals surface area contributed by atoms with Crippen LogP contribution in [0.3, 0.4) is 0 Å². The Morgan fingerprint density at radius 2 is 0.700 bits per heavy atom. The molecule has 0 saturated carbocycles. The summed E-state index contributed by atoms with van der Waals surface area (Å²) in [6, 6.07) is 0. The lowest BCUT2D eigenvalue weighted by molar-refractivity contribution is -0.104. The van der Waals surface area contributed by atoms with Gasteiger partial charge in [0.05, 0.1) is 13.2 Å². The van der Waals surface area contributed by atoms with Crippen molar-refractivity contribution < 1.29 is 43.8 Å². The molecule has 40 heavy (non-hydrogen) atoms. The highest BCUT2D eigenvalue weighted by molar-refractivity contribution is 7.81. The zero-order chi connectivity index (χ0) is 30.0. The van der Waals surface area contributed by atoms with Crippen LogP contribution in [0.1, 0.15) is 142 Å². The average molecular weight is 619 g/mol. The first-order chi connectivity index (χ1) is 19.1. The summed E-state index contributed by atoms with van der Waals surface area (Å²) >= 11 is 0. The normalized spacial score (nSPS) is 14.0. The molecule has 0 aliphatic rings. The molecule has 2 N–H and O–H groups in total. The molecule has 2 atom stereocenters. The van der Waals surface area contributed by atoms with Crippen LogP contribution in [0.5, 0.6) is 0 Å². The maximum atomic E-state index is 11.2. The van der Waals surface area contributed by atoms with Crippen molar-refractivity contribution in [1.29, 1.82) is 0 Å². The van der Waals surface area contributed by atoms with E-state index in [1.165, 1.54) is 77.0 Å². The van der Waals surface area contributed by atoms with E-state index < -0.39 is 46.2 Å². The van der Waals surface area contributed by atoms with E-state index >= 15 is 0 Å². The molecule has 0 rings (SSSR count). The van der Waals surface area contributed by atoms with E-state index in [9.17, 15) is 16.8 Å². The molecule has 0 aliphatic carbocycles. The first kappa shape index (κ1) is 39.7. The van der Waals surface area contributed by atoms with E-state index in [0.717, 1.165) is 51.4 Å². The highest BCUT2D eigenvalue weighted by Gasteiger charge is 2.27. The maximum absolute atomic E-state index is 11.2. The van der Waals surface area contributed by atoms with Crippen LogP contribution >= 0.6 is 0 Å². The van der Waals surface area contributed by atoms with Crippen LogP contribution in [0.25, 0.3) is 0 Å². The predicted molar refractivity (Wildman–Crippen MR) is 158 cm³/mol. The molecule has 12 heteroatoms. The van der Waals surface area contributed by atoms with Crippen molar-refractivity contribution in [3.05, 3.63) is 0 Å². The standard InChI is InChI=1S/C28H58O10S2/c1-3-5-7-9-11-13-15-17-19-21-23-35-27(25-37-39(29,30)31)28(26-38-40(32,33)34)36-24-22-20-18-16-14-12-10-8-6-4-2/h27-28H,3-26H2,1-2H3,(H,29,30,31)(H,32,33,34)/t27-,28-/m0/s1. The van der Waals surface area contributed by atoms with Crippen LogP contribution in [0.2, 0.25) is 0 Å². The Balaban J connectivity index is 4.58. The van der Waals surface area contributed by atoms with E-state index in [4.69, 9.17) is 18.6 Å². The van der Waals surface area contributed by atoms with Crippen molar-refractivity contribution in [1.82, 2.24) is 0 Å². The molecule has 0 bridgehead atoms. The van der Waals surface area contributed by atoms with Crippen LogP contribution in [-0.2, 0) is 38.6 Å².